The number of ether oxygens (including phenoxy) is 4. The van der Waals surface area contributed by atoms with Crippen LogP contribution in [0.3, 0.4) is 0 Å². The van der Waals surface area contributed by atoms with Crippen LogP contribution in [0.15, 0.2) is 39.5 Å². The third-order valence-electron chi connectivity index (χ3n) is 5.66. The number of phenolic OH excluding ortho intramolecular Hbond substituents is 1. The zero-order valence-electron chi connectivity index (χ0n) is 17.3. The summed E-state index contributed by atoms with van der Waals surface area (Å²) in [6, 6.07) is 6.65. The Morgan fingerprint density at radius 3 is 2.56 bits per heavy atom. The Hall–Kier alpha value is -3.55. The van der Waals surface area contributed by atoms with E-state index in [-0.39, 0.29) is 52.1 Å². The van der Waals surface area contributed by atoms with Gasteiger partial charge < -0.3 is 54.0 Å². The van der Waals surface area contributed by atoms with Crippen LogP contribution < -0.4 is 19.6 Å². The van der Waals surface area contributed by atoms with Crippen molar-refractivity contribution in [3.05, 3.63) is 40.6 Å². The molecule has 180 valence electrons. The summed E-state index contributed by atoms with van der Waals surface area (Å²) in [4.78, 5) is 12.7. The van der Waals surface area contributed by atoms with Crippen LogP contribution in [0.25, 0.3) is 22.3 Å². The lowest BCUT2D eigenvalue weighted by atomic mass is 9.99. The number of rotatable bonds is 4. The smallest absolute Gasteiger partial charge is 0.235 e. The molecule has 5 unspecified atom stereocenters. The highest BCUT2D eigenvalue weighted by Gasteiger charge is 2.44. The standard InChI is InChI=1S/C22H20O12/c23-6-14-16(26)17(27)19(29)22(34-14)32-9-1-2-10-12(5-9)33-20(18(28)15(10)25)8-3-11(24)21-13(4-8)30-7-31-21/h1-5,14,16-17,19,22-24,26-29H,6-7H2. The summed E-state index contributed by atoms with van der Waals surface area (Å²) in [7, 11) is 0. The number of aliphatic hydroxyl groups excluding tert-OH is 4. The first-order chi connectivity index (χ1) is 16.3. The van der Waals surface area contributed by atoms with E-state index in [9.17, 15) is 35.4 Å². The minimum atomic E-state index is -1.63. The Bertz CT molecular complexity index is 1300. The van der Waals surface area contributed by atoms with Gasteiger partial charge in [0, 0.05) is 11.6 Å². The minimum absolute atomic E-state index is 0.00273. The van der Waals surface area contributed by atoms with E-state index in [1.54, 1.807) is 0 Å². The van der Waals surface area contributed by atoms with Crippen molar-refractivity contribution in [1.82, 2.24) is 0 Å². The number of hydrogen-bond donors (Lipinski definition) is 6. The van der Waals surface area contributed by atoms with Crippen molar-refractivity contribution >= 4 is 11.0 Å². The van der Waals surface area contributed by atoms with Gasteiger partial charge in [0.1, 0.15) is 35.7 Å². The third kappa shape index (κ3) is 3.57. The molecule has 5 rings (SSSR count). The van der Waals surface area contributed by atoms with Crippen molar-refractivity contribution in [2.75, 3.05) is 13.4 Å². The zero-order chi connectivity index (χ0) is 24.1. The minimum Gasteiger partial charge on any atom is -0.504 e. The number of phenols is 1. The molecule has 2 aliphatic rings. The molecule has 3 heterocycles. The van der Waals surface area contributed by atoms with Crippen molar-refractivity contribution in [1.29, 1.82) is 0 Å². The molecule has 5 atom stereocenters. The van der Waals surface area contributed by atoms with E-state index in [1.165, 1.54) is 30.3 Å². The van der Waals surface area contributed by atoms with Crippen LogP contribution in [0.4, 0.5) is 0 Å². The van der Waals surface area contributed by atoms with Gasteiger partial charge in [0.05, 0.1) is 12.0 Å². The molecule has 1 fully saturated rings. The van der Waals surface area contributed by atoms with Crippen molar-refractivity contribution in [2.24, 2.45) is 0 Å². The fourth-order valence-corrected chi connectivity index (χ4v) is 3.85. The molecule has 0 spiro atoms. The second-order valence-corrected chi connectivity index (χ2v) is 7.81. The summed E-state index contributed by atoms with van der Waals surface area (Å²) in [6.45, 7) is -0.721. The molecule has 6 N–H and O–H groups in total. The maximum atomic E-state index is 12.7. The molecule has 2 aliphatic heterocycles. The SMILES string of the molecule is O=c1c(O)c(-c2cc(O)c3c(c2)OCO3)oc2cc(OC3OC(CO)C(O)C(O)C3O)ccc12. The predicted molar refractivity (Wildman–Crippen MR) is 112 cm³/mol. The molecule has 3 aromatic rings. The molecular weight excluding hydrogens is 456 g/mol. The normalized spacial score (nSPS) is 26.1. The first kappa shape index (κ1) is 22.3. The predicted octanol–water partition coefficient (Wildman–Crippen LogP) is -0.221. The van der Waals surface area contributed by atoms with E-state index < -0.39 is 48.5 Å². The monoisotopic (exact) mass is 476 g/mol. The molecule has 12 heteroatoms. The van der Waals surface area contributed by atoms with Gasteiger partial charge in [-0.1, -0.05) is 0 Å². The van der Waals surface area contributed by atoms with E-state index >= 15 is 0 Å². The summed E-state index contributed by atoms with van der Waals surface area (Å²) >= 11 is 0. The largest absolute Gasteiger partial charge is 0.504 e. The Kier molecular flexibility index (Phi) is 5.46. The van der Waals surface area contributed by atoms with Crippen LogP contribution in [-0.4, -0.2) is 74.7 Å². The van der Waals surface area contributed by atoms with Gasteiger partial charge >= 0.3 is 0 Å². The molecule has 0 saturated carbocycles. The first-order valence-electron chi connectivity index (χ1n) is 10.2. The average molecular weight is 476 g/mol. The van der Waals surface area contributed by atoms with E-state index in [4.69, 9.17) is 23.4 Å². The number of aromatic hydroxyl groups is 2. The first-order valence-corrected chi connectivity index (χ1v) is 10.2. The average Bonchev–Trinajstić information content (AvgIpc) is 3.31. The van der Waals surface area contributed by atoms with Crippen LogP contribution in [0.1, 0.15) is 0 Å². The van der Waals surface area contributed by atoms with E-state index in [0.717, 1.165) is 0 Å². The molecular formula is C22H20O12. The molecule has 1 aromatic heterocycles. The van der Waals surface area contributed by atoms with Gasteiger partial charge in [0.25, 0.3) is 0 Å². The maximum Gasteiger partial charge on any atom is 0.235 e. The molecule has 1 saturated heterocycles. The molecule has 0 aliphatic carbocycles. The third-order valence-corrected chi connectivity index (χ3v) is 5.66. The Balaban J connectivity index is 1.52. The van der Waals surface area contributed by atoms with E-state index in [2.05, 4.69) is 0 Å². The van der Waals surface area contributed by atoms with Gasteiger partial charge in [0.2, 0.25) is 30.0 Å². The summed E-state index contributed by atoms with van der Waals surface area (Å²) in [6.07, 6.45) is -7.41. The summed E-state index contributed by atoms with van der Waals surface area (Å²) in [5.41, 5.74) is -0.594. The lowest BCUT2D eigenvalue weighted by Gasteiger charge is -2.39. The molecule has 0 radical (unpaired) electrons. The van der Waals surface area contributed by atoms with Gasteiger partial charge in [-0.2, -0.15) is 0 Å². The molecule has 0 amide bonds. The highest BCUT2D eigenvalue weighted by atomic mass is 16.7. The van der Waals surface area contributed by atoms with E-state index in [1.807, 2.05) is 0 Å². The Morgan fingerprint density at radius 2 is 1.79 bits per heavy atom. The van der Waals surface area contributed by atoms with Crippen LogP contribution in [-0.2, 0) is 4.74 Å². The summed E-state index contributed by atoms with van der Waals surface area (Å²) in [5, 5.41) is 60.0. The molecule has 0 bridgehead atoms. The van der Waals surface area contributed by atoms with Crippen molar-refractivity contribution < 1.29 is 54.0 Å². The molecule has 2 aromatic carbocycles. The van der Waals surface area contributed by atoms with Gasteiger partial charge in [-0.3, -0.25) is 4.79 Å². The maximum absolute atomic E-state index is 12.7. The van der Waals surface area contributed by atoms with Gasteiger partial charge in [-0.05, 0) is 24.3 Å². The topological polar surface area (TPSA) is 189 Å². The fraction of sp³-hybridized carbons (Fsp3) is 0.318. The molecule has 34 heavy (non-hydrogen) atoms. The lowest BCUT2D eigenvalue weighted by molar-refractivity contribution is -0.277. The zero-order valence-corrected chi connectivity index (χ0v) is 17.3. The second kappa shape index (κ2) is 8.34. The Morgan fingerprint density at radius 1 is 1.00 bits per heavy atom. The second-order valence-electron chi connectivity index (χ2n) is 7.81. The highest BCUT2D eigenvalue weighted by Crippen LogP contribution is 2.45. The quantitative estimate of drug-likeness (QED) is 0.291. The van der Waals surface area contributed by atoms with Crippen molar-refractivity contribution in [2.45, 2.75) is 30.7 Å². The summed E-state index contributed by atoms with van der Waals surface area (Å²) in [5.74, 6) is -0.806. The number of hydrogen-bond acceptors (Lipinski definition) is 12. The Labute approximate surface area is 190 Å². The van der Waals surface area contributed by atoms with Crippen molar-refractivity contribution in [3.8, 4) is 40.1 Å². The number of aliphatic hydroxyl groups is 4. The number of benzene rings is 2. The van der Waals surface area contributed by atoms with Gasteiger partial charge in [-0.15, -0.1) is 0 Å². The van der Waals surface area contributed by atoms with Gasteiger partial charge in [-0.25, -0.2) is 0 Å². The molecule has 12 nitrogen and oxygen atoms in total. The highest BCUT2D eigenvalue weighted by molar-refractivity contribution is 5.83. The fourth-order valence-electron chi connectivity index (χ4n) is 3.85. The van der Waals surface area contributed by atoms with Crippen LogP contribution in [0.5, 0.6) is 28.7 Å². The van der Waals surface area contributed by atoms with Gasteiger partial charge in [0.15, 0.2) is 17.3 Å². The lowest BCUT2D eigenvalue weighted by Crippen LogP contribution is -2.60. The summed E-state index contributed by atoms with van der Waals surface area (Å²) < 4.78 is 27.0. The number of fused-ring (bicyclic) bond motifs is 2. The van der Waals surface area contributed by atoms with Crippen molar-refractivity contribution in [3.63, 3.8) is 0 Å². The van der Waals surface area contributed by atoms with Crippen LogP contribution >= 0.6 is 0 Å². The van der Waals surface area contributed by atoms with Crippen LogP contribution in [0.2, 0.25) is 0 Å². The van der Waals surface area contributed by atoms with Crippen LogP contribution in [0, 0.1) is 0 Å². The van der Waals surface area contributed by atoms with E-state index in [0.29, 0.717) is 0 Å².